The van der Waals surface area contributed by atoms with Crippen LogP contribution in [0.25, 0.3) is 0 Å². The van der Waals surface area contributed by atoms with Gasteiger partial charge in [-0.15, -0.1) is 11.3 Å². The maximum absolute atomic E-state index is 11.8. The molecule has 21 heavy (non-hydrogen) atoms. The van der Waals surface area contributed by atoms with Gasteiger partial charge in [-0.05, 0) is 31.4 Å². The van der Waals surface area contributed by atoms with Gasteiger partial charge in [0, 0.05) is 18.3 Å². The molecule has 1 aromatic carbocycles. The Kier molecular flexibility index (Phi) is 5.75. The lowest BCUT2D eigenvalue weighted by Crippen LogP contribution is -2.26. The lowest BCUT2D eigenvalue weighted by atomic mass is 10.1. The lowest BCUT2D eigenvalue weighted by molar-refractivity contribution is -0.121. The van der Waals surface area contributed by atoms with E-state index >= 15 is 0 Å². The van der Waals surface area contributed by atoms with Gasteiger partial charge in [0.1, 0.15) is 5.75 Å². The molecule has 112 valence electrons. The Morgan fingerprint density at radius 3 is 2.86 bits per heavy atom. The van der Waals surface area contributed by atoms with Crippen LogP contribution in [0.15, 0.2) is 29.6 Å². The van der Waals surface area contributed by atoms with Crippen LogP contribution >= 0.6 is 11.3 Å². The molecule has 0 aliphatic rings. The topological polar surface area (TPSA) is 51.2 Å². The molecule has 0 unspecified atom stereocenters. The van der Waals surface area contributed by atoms with Crippen LogP contribution in [0.3, 0.4) is 0 Å². The van der Waals surface area contributed by atoms with Gasteiger partial charge in [-0.3, -0.25) is 4.79 Å². The van der Waals surface area contributed by atoms with Crippen molar-refractivity contribution in [1.82, 2.24) is 10.3 Å². The van der Waals surface area contributed by atoms with Crippen molar-refractivity contribution in [3.05, 3.63) is 45.9 Å². The van der Waals surface area contributed by atoms with Gasteiger partial charge in [-0.1, -0.05) is 18.2 Å². The number of hydrogen-bond acceptors (Lipinski definition) is 4. The molecule has 1 N–H and O–H groups in total. The molecule has 0 radical (unpaired) electrons. The summed E-state index contributed by atoms with van der Waals surface area (Å²) in [5.74, 6) is 0.931. The second kappa shape index (κ2) is 7.78. The SMILES string of the molecule is COc1ccccc1CCNC(=O)CCc1csc(C)n1. The summed E-state index contributed by atoms with van der Waals surface area (Å²) in [6, 6.07) is 7.87. The number of aryl methyl sites for hydroxylation is 2. The fourth-order valence-corrected chi connectivity index (χ4v) is 2.75. The van der Waals surface area contributed by atoms with E-state index in [1.807, 2.05) is 36.6 Å². The molecular weight excluding hydrogens is 284 g/mol. The number of carbonyl (C=O) groups is 1. The molecule has 1 amide bonds. The van der Waals surface area contributed by atoms with Gasteiger partial charge in [0.05, 0.1) is 17.8 Å². The third-order valence-electron chi connectivity index (χ3n) is 3.18. The molecule has 0 fully saturated rings. The number of nitrogens with zero attached hydrogens (tertiary/aromatic N) is 1. The molecular formula is C16H20N2O2S. The smallest absolute Gasteiger partial charge is 0.220 e. The van der Waals surface area contributed by atoms with E-state index in [0.29, 0.717) is 19.4 Å². The van der Waals surface area contributed by atoms with Crippen molar-refractivity contribution in [2.45, 2.75) is 26.2 Å². The zero-order chi connectivity index (χ0) is 15.1. The van der Waals surface area contributed by atoms with Crippen molar-refractivity contribution < 1.29 is 9.53 Å². The first-order valence-electron chi connectivity index (χ1n) is 6.98. The Morgan fingerprint density at radius 2 is 2.14 bits per heavy atom. The van der Waals surface area contributed by atoms with Crippen molar-refractivity contribution >= 4 is 17.2 Å². The summed E-state index contributed by atoms with van der Waals surface area (Å²) in [6.45, 7) is 2.59. The van der Waals surface area contributed by atoms with E-state index in [1.165, 1.54) is 0 Å². The summed E-state index contributed by atoms with van der Waals surface area (Å²) in [5.41, 5.74) is 2.10. The Bertz CT molecular complexity index is 595. The van der Waals surface area contributed by atoms with Crippen molar-refractivity contribution in [1.29, 1.82) is 0 Å². The van der Waals surface area contributed by atoms with E-state index < -0.39 is 0 Å². The maximum atomic E-state index is 11.8. The zero-order valence-corrected chi connectivity index (χ0v) is 13.2. The fraction of sp³-hybridized carbons (Fsp3) is 0.375. The highest BCUT2D eigenvalue weighted by Crippen LogP contribution is 2.17. The molecule has 5 heteroatoms. The van der Waals surface area contributed by atoms with Crippen LogP contribution in [-0.2, 0) is 17.6 Å². The second-order valence-electron chi connectivity index (χ2n) is 4.77. The number of carbonyl (C=O) groups excluding carboxylic acids is 1. The quantitative estimate of drug-likeness (QED) is 0.855. The normalized spacial score (nSPS) is 10.4. The van der Waals surface area contributed by atoms with Crippen LogP contribution in [0.2, 0.25) is 0 Å². The standard InChI is InChI=1S/C16H20N2O2S/c1-12-18-14(11-21-12)7-8-16(19)17-10-9-13-5-3-4-6-15(13)20-2/h3-6,11H,7-10H2,1-2H3,(H,17,19). The number of amides is 1. The van der Waals surface area contributed by atoms with E-state index in [0.717, 1.165) is 28.4 Å². The minimum atomic E-state index is 0.0653. The minimum Gasteiger partial charge on any atom is -0.496 e. The molecule has 0 saturated heterocycles. The van der Waals surface area contributed by atoms with Gasteiger partial charge in [-0.25, -0.2) is 4.98 Å². The predicted molar refractivity (Wildman–Crippen MR) is 84.9 cm³/mol. The van der Waals surface area contributed by atoms with Crippen molar-refractivity contribution in [2.75, 3.05) is 13.7 Å². The molecule has 0 spiro atoms. The molecule has 0 aliphatic heterocycles. The Labute approximate surface area is 129 Å². The van der Waals surface area contributed by atoms with Crippen molar-refractivity contribution in [2.24, 2.45) is 0 Å². The zero-order valence-electron chi connectivity index (χ0n) is 12.4. The van der Waals surface area contributed by atoms with Gasteiger partial charge in [0.25, 0.3) is 0 Å². The van der Waals surface area contributed by atoms with E-state index in [2.05, 4.69) is 10.3 Å². The number of aromatic nitrogens is 1. The first kappa shape index (κ1) is 15.5. The number of ether oxygens (including phenoxy) is 1. The number of nitrogens with one attached hydrogen (secondary N) is 1. The lowest BCUT2D eigenvalue weighted by Gasteiger charge is -2.08. The molecule has 2 aromatic rings. The summed E-state index contributed by atoms with van der Waals surface area (Å²) in [4.78, 5) is 16.2. The number of para-hydroxylation sites is 1. The number of rotatable bonds is 7. The molecule has 2 rings (SSSR count). The summed E-state index contributed by atoms with van der Waals surface area (Å²) >= 11 is 1.62. The second-order valence-corrected chi connectivity index (χ2v) is 5.83. The molecule has 0 saturated carbocycles. The predicted octanol–water partition coefficient (Wildman–Crippen LogP) is 2.75. The average Bonchev–Trinajstić information content (AvgIpc) is 2.91. The third kappa shape index (κ3) is 4.86. The number of thiazole rings is 1. The van der Waals surface area contributed by atoms with Gasteiger partial charge < -0.3 is 10.1 Å². The van der Waals surface area contributed by atoms with Crippen LogP contribution in [0.1, 0.15) is 22.7 Å². The molecule has 0 bridgehead atoms. The van der Waals surface area contributed by atoms with E-state index in [1.54, 1.807) is 18.4 Å². The molecule has 1 aromatic heterocycles. The Morgan fingerprint density at radius 1 is 1.33 bits per heavy atom. The van der Waals surface area contributed by atoms with Crippen LogP contribution in [-0.4, -0.2) is 24.5 Å². The van der Waals surface area contributed by atoms with Crippen LogP contribution in [0, 0.1) is 6.92 Å². The van der Waals surface area contributed by atoms with Crippen LogP contribution < -0.4 is 10.1 Å². The number of benzene rings is 1. The maximum Gasteiger partial charge on any atom is 0.220 e. The largest absolute Gasteiger partial charge is 0.496 e. The molecule has 1 heterocycles. The fourth-order valence-electron chi connectivity index (χ4n) is 2.10. The van der Waals surface area contributed by atoms with Crippen molar-refractivity contribution in [3.8, 4) is 5.75 Å². The molecule has 4 nitrogen and oxygen atoms in total. The van der Waals surface area contributed by atoms with Crippen LogP contribution in [0.5, 0.6) is 5.75 Å². The van der Waals surface area contributed by atoms with E-state index in [9.17, 15) is 4.79 Å². The Hall–Kier alpha value is -1.88. The van der Waals surface area contributed by atoms with Gasteiger partial charge in [0.15, 0.2) is 0 Å². The molecule has 0 atom stereocenters. The molecule has 0 aliphatic carbocycles. The highest BCUT2D eigenvalue weighted by molar-refractivity contribution is 7.09. The Balaban J connectivity index is 1.71. The van der Waals surface area contributed by atoms with Gasteiger partial charge in [0.2, 0.25) is 5.91 Å². The van der Waals surface area contributed by atoms with Crippen LogP contribution in [0.4, 0.5) is 0 Å². The summed E-state index contributed by atoms with van der Waals surface area (Å²) in [5, 5.41) is 6.00. The highest BCUT2D eigenvalue weighted by atomic mass is 32.1. The first-order chi connectivity index (χ1) is 10.2. The summed E-state index contributed by atoms with van der Waals surface area (Å²) in [7, 11) is 1.66. The summed E-state index contributed by atoms with van der Waals surface area (Å²) < 4.78 is 5.29. The minimum absolute atomic E-state index is 0.0653. The first-order valence-corrected chi connectivity index (χ1v) is 7.86. The van der Waals surface area contributed by atoms with E-state index in [4.69, 9.17) is 4.74 Å². The average molecular weight is 304 g/mol. The highest BCUT2D eigenvalue weighted by Gasteiger charge is 2.06. The summed E-state index contributed by atoms with van der Waals surface area (Å²) in [6.07, 6.45) is 1.95. The van der Waals surface area contributed by atoms with E-state index in [-0.39, 0.29) is 5.91 Å². The van der Waals surface area contributed by atoms with Crippen molar-refractivity contribution in [3.63, 3.8) is 0 Å². The van der Waals surface area contributed by atoms with Gasteiger partial charge >= 0.3 is 0 Å². The number of hydrogen-bond donors (Lipinski definition) is 1. The van der Waals surface area contributed by atoms with Gasteiger partial charge in [-0.2, -0.15) is 0 Å². The third-order valence-corrected chi connectivity index (χ3v) is 4.01. The number of methoxy groups -OCH3 is 1. The monoisotopic (exact) mass is 304 g/mol.